The van der Waals surface area contributed by atoms with Gasteiger partial charge in [-0.05, 0) is 110 Å². The van der Waals surface area contributed by atoms with E-state index in [-0.39, 0.29) is 10.8 Å². The summed E-state index contributed by atoms with van der Waals surface area (Å²) < 4.78 is 0. The minimum absolute atomic E-state index is 0.0907. The molecule has 0 radical (unpaired) electrons. The summed E-state index contributed by atoms with van der Waals surface area (Å²) in [6.45, 7) is 4.73. The molecule has 1 nitrogen and oxygen atoms in total. The van der Waals surface area contributed by atoms with Crippen LogP contribution in [-0.2, 0) is 10.8 Å². The summed E-state index contributed by atoms with van der Waals surface area (Å²) in [4.78, 5) is 2.47. The lowest BCUT2D eigenvalue weighted by molar-refractivity contribution is 0.638. The molecule has 50 heavy (non-hydrogen) atoms. The topological polar surface area (TPSA) is 3.24 Å². The molecule has 0 heterocycles. The van der Waals surface area contributed by atoms with Crippen LogP contribution in [0.5, 0.6) is 0 Å². The number of benzene rings is 7. The normalized spacial score (nSPS) is 17.1. The van der Waals surface area contributed by atoms with Gasteiger partial charge in [-0.2, -0.15) is 0 Å². The maximum absolute atomic E-state index is 2.49. The quantitative estimate of drug-likeness (QED) is 0.185. The molecule has 7 aromatic carbocycles. The Labute approximate surface area is 294 Å². The van der Waals surface area contributed by atoms with E-state index in [0.717, 1.165) is 12.1 Å². The summed E-state index contributed by atoms with van der Waals surface area (Å²) in [5.41, 5.74) is 19.2. The van der Waals surface area contributed by atoms with Crippen molar-refractivity contribution in [2.45, 2.75) is 31.1 Å². The van der Waals surface area contributed by atoms with E-state index in [4.69, 9.17) is 0 Å². The maximum Gasteiger partial charge on any atom is 0.0504 e. The highest BCUT2D eigenvalue weighted by molar-refractivity contribution is 5.90. The van der Waals surface area contributed by atoms with Crippen molar-refractivity contribution < 1.29 is 0 Å². The van der Waals surface area contributed by atoms with Gasteiger partial charge in [0.25, 0.3) is 0 Å². The van der Waals surface area contributed by atoms with Gasteiger partial charge in [0.15, 0.2) is 0 Å². The van der Waals surface area contributed by atoms with Crippen LogP contribution in [0.25, 0.3) is 39.5 Å². The summed E-state index contributed by atoms with van der Waals surface area (Å²) in [7, 11) is 0. The Bertz CT molecular complexity index is 2480. The van der Waals surface area contributed by atoms with Crippen LogP contribution in [0.1, 0.15) is 53.6 Å². The lowest BCUT2D eigenvalue weighted by atomic mass is 9.66. The fourth-order valence-electron chi connectivity index (χ4n) is 9.22. The monoisotopic (exact) mass is 639 g/mol. The van der Waals surface area contributed by atoms with Crippen LogP contribution in [0.4, 0.5) is 17.1 Å². The van der Waals surface area contributed by atoms with Gasteiger partial charge < -0.3 is 4.90 Å². The zero-order chi connectivity index (χ0) is 33.5. The molecule has 1 spiro atoms. The molecule has 0 aromatic heterocycles. The first-order chi connectivity index (χ1) is 24.5. The summed E-state index contributed by atoms with van der Waals surface area (Å²) in [6, 6.07) is 61.0. The van der Waals surface area contributed by atoms with Gasteiger partial charge in [0.2, 0.25) is 0 Å². The van der Waals surface area contributed by atoms with Gasteiger partial charge in [-0.3, -0.25) is 0 Å². The van der Waals surface area contributed by atoms with Crippen molar-refractivity contribution in [3.63, 3.8) is 0 Å². The zero-order valence-corrected chi connectivity index (χ0v) is 28.4. The van der Waals surface area contributed by atoms with Crippen molar-refractivity contribution in [2.75, 3.05) is 4.90 Å². The lowest BCUT2D eigenvalue weighted by Gasteiger charge is -2.36. The van der Waals surface area contributed by atoms with E-state index in [1.807, 2.05) is 0 Å². The lowest BCUT2D eigenvalue weighted by Crippen LogP contribution is -2.29. The highest BCUT2D eigenvalue weighted by atomic mass is 15.1. The summed E-state index contributed by atoms with van der Waals surface area (Å²) in [5.74, 6) is 0. The van der Waals surface area contributed by atoms with Crippen molar-refractivity contribution in [1.82, 2.24) is 0 Å². The third kappa shape index (κ3) is 4.07. The zero-order valence-electron chi connectivity index (χ0n) is 28.4. The molecule has 0 bridgehead atoms. The molecule has 0 N–H and O–H groups in total. The smallest absolute Gasteiger partial charge is 0.0504 e. The molecular weight excluding hydrogens is 603 g/mol. The summed E-state index contributed by atoms with van der Waals surface area (Å²) in [6.07, 6.45) is 5.62. The van der Waals surface area contributed by atoms with Gasteiger partial charge in [-0.15, -0.1) is 0 Å². The van der Waals surface area contributed by atoms with E-state index >= 15 is 0 Å². The molecular formula is C49H37N. The Morgan fingerprint density at radius 1 is 0.420 bits per heavy atom. The van der Waals surface area contributed by atoms with Gasteiger partial charge in [0, 0.05) is 22.5 Å². The van der Waals surface area contributed by atoms with E-state index in [9.17, 15) is 0 Å². The molecule has 10 rings (SSSR count). The molecule has 1 unspecified atom stereocenters. The Morgan fingerprint density at radius 3 is 1.68 bits per heavy atom. The molecule has 0 amide bonds. The molecule has 7 aromatic rings. The molecule has 238 valence electrons. The number of nitrogens with zero attached hydrogens (tertiary/aromatic N) is 1. The molecule has 3 aliphatic carbocycles. The largest absolute Gasteiger partial charge is 0.310 e. The predicted molar refractivity (Wildman–Crippen MR) is 210 cm³/mol. The summed E-state index contributed by atoms with van der Waals surface area (Å²) >= 11 is 0. The van der Waals surface area contributed by atoms with E-state index < -0.39 is 0 Å². The van der Waals surface area contributed by atoms with Crippen molar-refractivity contribution in [1.29, 1.82) is 0 Å². The van der Waals surface area contributed by atoms with Crippen LogP contribution in [0.3, 0.4) is 0 Å². The van der Waals surface area contributed by atoms with Crippen LogP contribution in [0.15, 0.2) is 170 Å². The van der Waals surface area contributed by atoms with Crippen LogP contribution in [0, 0.1) is 0 Å². The summed E-state index contributed by atoms with van der Waals surface area (Å²) in [5, 5.41) is 0. The minimum atomic E-state index is -0.238. The van der Waals surface area contributed by atoms with Crippen molar-refractivity contribution in [2.24, 2.45) is 0 Å². The number of hydrogen-bond donors (Lipinski definition) is 0. The fourth-order valence-corrected chi connectivity index (χ4v) is 9.22. The van der Waals surface area contributed by atoms with Crippen molar-refractivity contribution in [3.8, 4) is 33.4 Å². The van der Waals surface area contributed by atoms with Crippen molar-refractivity contribution >= 4 is 23.1 Å². The minimum Gasteiger partial charge on any atom is -0.310 e. The third-order valence-electron chi connectivity index (χ3n) is 11.6. The predicted octanol–water partition coefficient (Wildman–Crippen LogP) is 12.9. The van der Waals surface area contributed by atoms with E-state index in [2.05, 4.69) is 195 Å². The van der Waals surface area contributed by atoms with Gasteiger partial charge in [0.1, 0.15) is 0 Å². The molecule has 1 heteroatoms. The molecule has 1 atom stereocenters. The second-order valence-electron chi connectivity index (χ2n) is 14.5. The van der Waals surface area contributed by atoms with Gasteiger partial charge in [-0.1, -0.05) is 153 Å². The average Bonchev–Trinajstić information content (AvgIpc) is 3.57. The van der Waals surface area contributed by atoms with Crippen LogP contribution < -0.4 is 4.90 Å². The molecule has 0 aliphatic heterocycles. The second-order valence-corrected chi connectivity index (χ2v) is 14.5. The fraction of sp³-hybridized carbons (Fsp3) is 0.102. The Hall–Kier alpha value is -5.92. The molecule has 0 saturated carbocycles. The van der Waals surface area contributed by atoms with Gasteiger partial charge >= 0.3 is 0 Å². The number of fused-ring (bicyclic) bond motifs is 10. The molecule has 3 aliphatic rings. The highest BCUT2D eigenvalue weighted by Gasteiger charge is 2.46. The number of allylic oxidation sites excluding steroid dienone is 1. The first-order valence-electron chi connectivity index (χ1n) is 17.7. The van der Waals surface area contributed by atoms with Crippen LogP contribution in [0.2, 0.25) is 0 Å². The van der Waals surface area contributed by atoms with Gasteiger partial charge in [-0.25, -0.2) is 0 Å². The third-order valence-corrected chi connectivity index (χ3v) is 11.6. The van der Waals surface area contributed by atoms with E-state index in [0.29, 0.717) is 0 Å². The Morgan fingerprint density at radius 2 is 0.940 bits per heavy atom. The first kappa shape index (κ1) is 29.0. The van der Waals surface area contributed by atoms with Crippen LogP contribution in [-0.4, -0.2) is 0 Å². The SMILES string of the molecule is CC1(C)c2ccccc2-c2ccc(N(c3ccc(-c4ccccc4)cc3)c3ccc4c(c3)C3(CC=Cc5ccccc53)c3ccccc3-4)cc21. The molecule has 0 fully saturated rings. The first-order valence-corrected chi connectivity index (χ1v) is 17.7. The standard InChI is InChI=1S/C49H37N/c1-48(2)44-20-10-7-17-39(44)41-28-26-37(31-46(41)48)50(36-24-22-34(23-25-36)33-13-4-3-5-14-33)38-27-29-42-40-18-8-11-21-45(40)49(47(42)32-38)30-12-16-35-15-6-9-19-43(35)49/h3-29,31-32H,30H2,1-2H3. The maximum atomic E-state index is 2.49. The average molecular weight is 640 g/mol. The number of rotatable bonds is 4. The second kappa shape index (κ2) is 10.8. The Kier molecular flexibility index (Phi) is 6.27. The number of anilines is 3. The van der Waals surface area contributed by atoms with E-state index in [1.54, 1.807) is 0 Å². The van der Waals surface area contributed by atoms with E-state index in [1.165, 1.54) is 78.1 Å². The van der Waals surface area contributed by atoms with Crippen LogP contribution >= 0.6 is 0 Å². The van der Waals surface area contributed by atoms with Gasteiger partial charge in [0.05, 0.1) is 5.41 Å². The van der Waals surface area contributed by atoms with Crippen molar-refractivity contribution in [3.05, 3.63) is 203 Å². The number of hydrogen-bond acceptors (Lipinski definition) is 1. The molecule has 0 saturated heterocycles. The highest BCUT2D eigenvalue weighted by Crippen LogP contribution is 2.58. The Balaban J connectivity index is 1.18.